The first-order chi connectivity index (χ1) is 9.38. The highest BCUT2D eigenvalue weighted by molar-refractivity contribution is 7.80. The van der Waals surface area contributed by atoms with Crippen LogP contribution in [0.2, 0.25) is 0 Å². The van der Waals surface area contributed by atoms with Crippen molar-refractivity contribution >= 4 is 23.0 Å². The number of thiocarbonyl (C=S) groups is 1. The normalized spacial score (nSPS) is 11.2. The first kappa shape index (κ1) is 16.8. The third kappa shape index (κ3) is 5.00. The van der Waals surface area contributed by atoms with Crippen LogP contribution in [-0.4, -0.2) is 23.1 Å². The molecule has 0 aliphatic rings. The van der Waals surface area contributed by atoms with Gasteiger partial charge >= 0.3 is 6.18 Å². The van der Waals surface area contributed by atoms with Gasteiger partial charge < -0.3 is 10.2 Å². The molecule has 0 aromatic heterocycles. The minimum Gasteiger partial charge on any atom is -0.349 e. The van der Waals surface area contributed by atoms with Crippen LogP contribution in [0.5, 0.6) is 0 Å². The minimum atomic E-state index is -4.34. The molecule has 1 rings (SSSR count). The molecule has 0 aliphatic carbocycles. The molecule has 112 valence electrons. The zero-order valence-electron chi connectivity index (χ0n) is 11.6. The Morgan fingerprint density at radius 1 is 1.20 bits per heavy atom. The number of hydrogen-bond donors (Lipinski definition) is 1. The van der Waals surface area contributed by atoms with Crippen molar-refractivity contribution in [3.8, 4) is 0 Å². The first-order valence-corrected chi connectivity index (χ1v) is 7.02. The SMILES string of the molecule is CCCN(CCC)C(=S)Nc1cccc(C(F)(F)F)c1. The topological polar surface area (TPSA) is 15.3 Å². The van der Waals surface area contributed by atoms with Gasteiger partial charge in [0.25, 0.3) is 0 Å². The number of anilines is 1. The molecule has 0 heterocycles. The van der Waals surface area contributed by atoms with Crippen molar-refractivity contribution < 1.29 is 13.2 Å². The van der Waals surface area contributed by atoms with E-state index >= 15 is 0 Å². The number of benzene rings is 1. The van der Waals surface area contributed by atoms with Gasteiger partial charge in [-0.15, -0.1) is 0 Å². The molecule has 0 fully saturated rings. The second-order valence-electron chi connectivity index (χ2n) is 4.50. The third-order valence-electron chi connectivity index (χ3n) is 2.72. The number of rotatable bonds is 5. The lowest BCUT2D eigenvalue weighted by Crippen LogP contribution is -2.35. The zero-order chi connectivity index (χ0) is 15.2. The predicted molar refractivity (Wildman–Crippen MR) is 79.8 cm³/mol. The number of halogens is 3. The van der Waals surface area contributed by atoms with E-state index in [4.69, 9.17) is 12.2 Å². The monoisotopic (exact) mass is 304 g/mol. The van der Waals surface area contributed by atoms with E-state index in [-0.39, 0.29) is 0 Å². The molecule has 0 atom stereocenters. The van der Waals surface area contributed by atoms with Gasteiger partial charge in [0, 0.05) is 18.8 Å². The van der Waals surface area contributed by atoms with E-state index in [1.54, 1.807) is 6.07 Å². The van der Waals surface area contributed by atoms with Gasteiger partial charge in [0.2, 0.25) is 0 Å². The Balaban J connectivity index is 2.79. The summed E-state index contributed by atoms with van der Waals surface area (Å²) in [7, 11) is 0. The molecule has 1 N–H and O–H groups in total. The zero-order valence-corrected chi connectivity index (χ0v) is 12.4. The second kappa shape index (κ2) is 7.47. The maximum Gasteiger partial charge on any atom is 0.416 e. The number of nitrogens with one attached hydrogen (secondary N) is 1. The average Bonchev–Trinajstić information content (AvgIpc) is 2.38. The molecule has 1 aromatic rings. The summed E-state index contributed by atoms with van der Waals surface area (Å²) < 4.78 is 37.9. The van der Waals surface area contributed by atoms with E-state index < -0.39 is 11.7 Å². The molecule has 6 heteroatoms. The van der Waals surface area contributed by atoms with Crippen LogP contribution in [0.15, 0.2) is 24.3 Å². The van der Waals surface area contributed by atoms with E-state index in [1.165, 1.54) is 6.07 Å². The summed E-state index contributed by atoms with van der Waals surface area (Å²) in [5.74, 6) is 0. The summed E-state index contributed by atoms with van der Waals surface area (Å²) in [4.78, 5) is 1.97. The number of nitrogens with zero attached hydrogens (tertiary/aromatic N) is 1. The lowest BCUT2D eigenvalue weighted by Gasteiger charge is -2.25. The Kier molecular flexibility index (Phi) is 6.26. The van der Waals surface area contributed by atoms with Crippen LogP contribution < -0.4 is 5.32 Å². The van der Waals surface area contributed by atoms with Crippen molar-refractivity contribution in [3.05, 3.63) is 29.8 Å². The Bertz CT molecular complexity index is 440. The van der Waals surface area contributed by atoms with E-state index in [1.807, 2.05) is 18.7 Å². The van der Waals surface area contributed by atoms with Crippen LogP contribution in [0.1, 0.15) is 32.3 Å². The summed E-state index contributed by atoms with van der Waals surface area (Å²) in [5, 5.41) is 3.35. The molecule has 1 aromatic carbocycles. The lowest BCUT2D eigenvalue weighted by molar-refractivity contribution is -0.137. The highest BCUT2D eigenvalue weighted by atomic mass is 32.1. The number of hydrogen-bond acceptors (Lipinski definition) is 1. The highest BCUT2D eigenvalue weighted by Crippen LogP contribution is 2.30. The molecule has 0 unspecified atom stereocenters. The average molecular weight is 304 g/mol. The summed E-state index contributed by atoms with van der Waals surface area (Å²) in [6.07, 6.45) is -2.47. The van der Waals surface area contributed by atoms with Crippen LogP contribution in [0.25, 0.3) is 0 Å². The van der Waals surface area contributed by atoms with Gasteiger partial charge in [-0.2, -0.15) is 13.2 Å². The van der Waals surface area contributed by atoms with Crippen molar-refractivity contribution in [2.24, 2.45) is 0 Å². The fraction of sp³-hybridized carbons (Fsp3) is 0.500. The Hall–Kier alpha value is -1.30. The highest BCUT2D eigenvalue weighted by Gasteiger charge is 2.30. The van der Waals surface area contributed by atoms with Gasteiger partial charge in [-0.05, 0) is 43.3 Å². The summed E-state index contributed by atoms with van der Waals surface area (Å²) >= 11 is 5.26. The Labute approximate surface area is 123 Å². The largest absolute Gasteiger partial charge is 0.416 e. The van der Waals surface area contributed by atoms with Gasteiger partial charge in [-0.25, -0.2) is 0 Å². The fourth-order valence-electron chi connectivity index (χ4n) is 1.83. The van der Waals surface area contributed by atoms with Crippen LogP contribution in [0, 0.1) is 0 Å². The van der Waals surface area contributed by atoms with E-state index in [0.29, 0.717) is 10.8 Å². The summed E-state index contributed by atoms with van der Waals surface area (Å²) in [6.45, 7) is 5.66. The Morgan fingerprint density at radius 3 is 2.30 bits per heavy atom. The smallest absolute Gasteiger partial charge is 0.349 e. The van der Waals surface area contributed by atoms with Crippen LogP contribution in [-0.2, 0) is 6.18 Å². The summed E-state index contributed by atoms with van der Waals surface area (Å²) in [5.41, 5.74) is -0.315. The molecule has 0 spiro atoms. The Morgan fingerprint density at radius 2 is 1.80 bits per heavy atom. The standard InChI is InChI=1S/C14H19F3N2S/c1-3-8-19(9-4-2)13(20)18-12-7-5-6-11(10-12)14(15,16)17/h5-7,10H,3-4,8-9H2,1-2H3,(H,18,20). The predicted octanol–water partition coefficient (Wildman–Crippen LogP) is 4.52. The van der Waals surface area contributed by atoms with Gasteiger partial charge in [-0.3, -0.25) is 0 Å². The minimum absolute atomic E-state index is 0.363. The van der Waals surface area contributed by atoms with E-state index in [2.05, 4.69) is 5.32 Å². The molecule has 0 amide bonds. The first-order valence-electron chi connectivity index (χ1n) is 6.61. The molecular weight excluding hydrogens is 285 g/mol. The maximum atomic E-state index is 12.6. The van der Waals surface area contributed by atoms with Gasteiger partial charge in [0.1, 0.15) is 0 Å². The molecule has 0 saturated heterocycles. The third-order valence-corrected chi connectivity index (χ3v) is 3.08. The van der Waals surface area contributed by atoms with Gasteiger partial charge in [0.05, 0.1) is 5.56 Å². The second-order valence-corrected chi connectivity index (χ2v) is 4.88. The quantitative estimate of drug-likeness (QED) is 0.805. The van der Waals surface area contributed by atoms with Crippen LogP contribution in [0.3, 0.4) is 0 Å². The lowest BCUT2D eigenvalue weighted by atomic mass is 10.2. The molecule has 0 aliphatic heterocycles. The van der Waals surface area contributed by atoms with Gasteiger partial charge in [0.15, 0.2) is 5.11 Å². The summed E-state index contributed by atoms with van der Waals surface area (Å²) in [6, 6.07) is 5.07. The van der Waals surface area contributed by atoms with Crippen LogP contribution >= 0.6 is 12.2 Å². The molecule has 0 radical (unpaired) electrons. The van der Waals surface area contributed by atoms with E-state index in [9.17, 15) is 13.2 Å². The molecule has 0 bridgehead atoms. The molecule has 2 nitrogen and oxygen atoms in total. The van der Waals surface area contributed by atoms with E-state index in [0.717, 1.165) is 38.1 Å². The van der Waals surface area contributed by atoms with Crippen LogP contribution in [0.4, 0.5) is 18.9 Å². The maximum absolute atomic E-state index is 12.6. The van der Waals surface area contributed by atoms with Crippen molar-refractivity contribution in [1.29, 1.82) is 0 Å². The van der Waals surface area contributed by atoms with Crippen molar-refractivity contribution in [3.63, 3.8) is 0 Å². The number of alkyl halides is 3. The fourth-order valence-corrected chi connectivity index (χ4v) is 2.13. The van der Waals surface area contributed by atoms with Crippen molar-refractivity contribution in [2.45, 2.75) is 32.9 Å². The molecular formula is C14H19F3N2S. The molecule has 20 heavy (non-hydrogen) atoms. The van der Waals surface area contributed by atoms with Crippen molar-refractivity contribution in [2.75, 3.05) is 18.4 Å². The molecule has 0 saturated carbocycles. The van der Waals surface area contributed by atoms with Gasteiger partial charge in [-0.1, -0.05) is 19.9 Å². The van der Waals surface area contributed by atoms with Crippen molar-refractivity contribution in [1.82, 2.24) is 4.90 Å².